The molecule has 0 bridgehead atoms. The average molecular weight is 302 g/mol. The maximum absolute atomic E-state index is 11.9. The van der Waals surface area contributed by atoms with Crippen molar-refractivity contribution in [2.45, 2.75) is 24.2 Å². The number of anilines is 1. The Labute approximate surface area is 118 Å². The summed E-state index contributed by atoms with van der Waals surface area (Å²) in [5, 5.41) is -0.643. The van der Waals surface area contributed by atoms with Crippen molar-refractivity contribution in [1.82, 2.24) is 0 Å². The SMILES string of the molecule is CS(=O)(=O)c1cc(C(=O)Cl)ccc1N1CCCCC1. The molecule has 0 aliphatic carbocycles. The molecule has 104 valence electrons. The van der Waals surface area contributed by atoms with Gasteiger partial charge in [-0.2, -0.15) is 0 Å². The highest BCUT2D eigenvalue weighted by Crippen LogP contribution is 2.29. The quantitative estimate of drug-likeness (QED) is 0.805. The lowest BCUT2D eigenvalue weighted by Crippen LogP contribution is -2.30. The number of sulfone groups is 1. The lowest BCUT2D eigenvalue weighted by molar-refractivity contribution is 0.108. The molecule has 0 amide bonds. The fourth-order valence-electron chi connectivity index (χ4n) is 2.33. The van der Waals surface area contributed by atoms with E-state index in [9.17, 15) is 13.2 Å². The summed E-state index contributed by atoms with van der Waals surface area (Å²) in [5.41, 5.74) is 0.881. The van der Waals surface area contributed by atoms with Gasteiger partial charge in [0.2, 0.25) is 0 Å². The molecule has 0 unspecified atom stereocenters. The second-order valence-corrected chi connectivity index (χ2v) is 7.10. The predicted octanol–water partition coefficient (Wildman–Crippen LogP) is 2.46. The van der Waals surface area contributed by atoms with Gasteiger partial charge in [0, 0.05) is 24.9 Å². The number of hydrogen-bond donors (Lipinski definition) is 0. The number of benzene rings is 1. The normalized spacial score (nSPS) is 16.4. The van der Waals surface area contributed by atoms with E-state index in [-0.39, 0.29) is 10.5 Å². The summed E-state index contributed by atoms with van der Waals surface area (Å²) in [6.45, 7) is 1.69. The van der Waals surface area contributed by atoms with Crippen LogP contribution in [0.5, 0.6) is 0 Å². The van der Waals surface area contributed by atoms with Crippen molar-refractivity contribution in [3.05, 3.63) is 23.8 Å². The Kier molecular flexibility index (Phi) is 4.16. The first-order valence-corrected chi connectivity index (χ1v) is 8.45. The summed E-state index contributed by atoms with van der Waals surface area (Å²) >= 11 is 5.42. The fraction of sp³-hybridized carbons (Fsp3) is 0.462. The van der Waals surface area contributed by atoms with Gasteiger partial charge < -0.3 is 4.90 Å². The monoisotopic (exact) mass is 301 g/mol. The van der Waals surface area contributed by atoms with Crippen LogP contribution in [0.4, 0.5) is 5.69 Å². The van der Waals surface area contributed by atoms with Gasteiger partial charge in [-0.15, -0.1) is 0 Å². The lowest BCUT2D eigenvalue weighted by atomic mass is 10.1. The summed E-state index contributed by atoms with van der Waals surface area (Å²) in [6.07, 6.45) is 4.43. The molecule has 4 nitrogen and oxygen atoms in total. The van der Waals surface area contributed by atoms with Gasteiger partial charge in [-0.3, -0.25) is 4.79 Å². The Hall–Kier alpha value is -1.07. The number of rotatable bonds is 3. The Morgan fingerprint density at radius 1 is 1.21 bits per heavy atom. The van der Waals surface area contributed by atoms with Crippen LogP contribution >= 0.6 is 11.6 Å². The number of nitrogens with zero attached hydrogens (tertiary/aromatic N) is 1. The first-order chi connectivity index (χ1) is 8.89. The van der Waals surface area contributed by atoms with E-state index in [4.69, 9.17) is 11.6 Å². The topological polar surface area (TPSA) is 54.5 Å². The Balaban J connectivity index is 2.50. The zero-order chi connectivity index (χ0) is 14.0. The molecule has 1 aliphatic heterocycles. The van der Waals surface area contributed by atoms with Crippen molar-refractivity contribution in [1.29, 1.82) is 0 Å². The van der Waals surface area contributed by atoms with E-state index in [0.717, 1.165) is 32.2 Å². The lowest BCUT2D eigenvalue weighted by Gasteiger charge is -2.30. The van der Waals surface area contributed by atoms with Crippen molar-refractivity contribution >= 4 is 32.4 Å². The molecule has 2 rings (SSSR count). The molecule has 19 heavy (non-hydrogen) atoms. The third kappa shape index (κ3) is 3.28. The van der Waals surface area contributed by atoms with Gasteiger partial charge in [0.1, 0.15) is 0 Å². The number of carbonyl (C=O) groups is 1. The van der Waals surface area contributed by atoms with Crippen LogP contribution in [-0.2, 0) is 9.84 Å². The summed E-state index contributed by atoms with van der Waals surface area (Å²) < 4.78 is 23.8. The number of carbonyl (C=O) groups excluding carboxylic acids is 1. The third-order valence-electron chi connectivity index (χ3n) is 3.28. The molecule has 1 aromatic carbocycles. The molecule has 1 saturated heterocycles. The van der Waals surface area contributed by atoms with E-state index < -0.39 is 15.1 Å². The Morgan fingerprint density at radius 2 is 1.84 bits per heavy atom. The fourth-order valence-corrected chi connectivity index (χ4v) is 3.37. The third-order valence-corrected chi connectivity index (χ3v) is 4.63. The molecule has 1 heterocycles. The van der Waals surface area contributed by atoms with Crippen molar-refractivity contribution in [2.24, 2.45) is 0 Å². The summed E-state index contributed by atoms with van der Waals surface area (Å²) in [7, 11) is -3.39. The van der Waals surface area contributed by atoms with Crippen LogP contribution in [-0.4, -0.2) is 33.0 Å². The molecular weight excluding hydrogens is 286 g/mol. The minimum absolute atomic E-state index is 0.181. The zero-order valence-corrected chi connectivity index (χ0v) is 12.3. The summed E-state index contributed by atoms with van der Waals surface area (Å²) in [6, 6.07) is 4.62. The highest BCUT2D eigenvalue weighted by molar-refractivity contribution is 7.90. The van der Waals surface area contributed by atoms with Gasteiger partial charge >= 0.3 is 0 Å². The van der Waals surface area contributed by atoms with E-state index >= 15 is 0 Å². The number of halogens is 1. The van der Waals surface area contributed by atoms with Gasteiger partial charge in [-0.25, -0.2) is 8.42 Å². The Morgan fingerprint density at radius 3 is 2.37 bits per heavy atom. The van der Waals surface area contributed by atoms with Gasteiger partial charge in [0.15, 0.2) is 9.84 Å². The van der Waals surface area contributed by atoms with Gasteiger partial charge in [-0.1, -0.05) is 0 Å². The smallest absolute Gasteiger partial charge is 0.252 e. The first kappa shape index (κ1) is 14.3. The second kappa shape index (κ2) is 5.51. The molecule has 1 aliphatic rings. The highest BCUT2D eigenvalue weighted by Gasteiger charge is 2.21. The Bertz CT molecular complexity index is 592. The molecule has 0 atom stereocenters. The van der Waals surface area contributed by atoms with Gasteiger partial charge in [0.25, 0.3) is 5.24 Å². The average Bonchev–Trinajstić information content (AvgIpc) is 2.38. The molecule has 0 radical (unpaired) electrons. The van der Waals surface area contributed by atoms with Crippen LogP contribution in [0, 0.1) is 0 Å². The first-order valence-electron chi connectivity index (χ1n) is 6.18. The minimum Gasteiger partial charge on any atom is -0.370 e. The van der Waals surface area contributed by atoms with Crippen molar-refractivity contribution < 1.29 is 13.2 Å². The molecular formula is C13H16ClNO3S. The number of piperidine rings is 1. The van der Waals surface area contributed by atoms with Crippen molar-refractivity contribution in [3.8, 4) is 0 Å². The van der Waals surface area contributed by atoms with Crippen molar-refractivity contribution in [2.75, 3.05) is 24.2 Å². The van der Waals surface area contributed by atoms with E-state index in [2.05, 4.69) is 4.90 Å². The van der Waals surface area contributed by atoms with Crippen LogP contribution in [0.1, 0.15) is 29.6 Å². The maximum Gasteiger partial charge on any atom is 0.252 e. The van der Waals surface area contributed by atoms with Crippen LogP contribution < -0.4 is 4.90 Å². The predicted molar refractivity (Wildman–Crippen MR) is 75.8 cm³/mol. The molecule has 0 aromatic heterocycles. The van der Waals surface area contributed by atoms with E-state index in [1.165, 1.54) is 12.5 Å². The van der Waals surface area contributed by atoms with Crippen molar-refractivity contribution in [3.63, 3.8) is 0 Å². The summed E-state index contributed by atoms with van der Waals surface area (Å²) in [5.74, 6) is 0. The molecule has 0 saturated carbocycles. The molecule has 1 aromatic rings. The molecule has 0 N–H and O–H groups in total. The zero-order valence-electron chi connectivity index (χ0n) is 10.7. The highest BCUT2D eigenvalue weighted by atomic mass is 35.5. The standard InChI is InChI=1S/C13H16ClNO3S/c1-19(17,18)12-9-10(13(14)16)5-6-11(12)15-7-3-2-4-8-15/h5-6,9H,2-4,7-8H2,1H3. The van der Waals surface area contributed by atoms with Crippen LogP contribution in [0.25, 0.3) is 0 Å². The largest absolute Gasteiger partial charge is 0.370 e. The molecule has 0 spiro atoms. The van der Waals surface area contributed by atoms with Gasteiger partial charge in [0.05, 0.1) is 10.6 Å². The molecule has 1 fully saturated rings. The van der Waals surface area contributed by atoms with Crippen LogP contribution in [0.15, 0.2) is 23.1 Å². The van der Waals surface area contributed by atoms with E-state index in [1.807, 2.05) is 0 Å². The summed E-state index contributed by atoms with van der Waals surface area (Å²) in [4.78, 5) is 13.4. The second-order valence-electron chi connectivity index (χ2n) is 4.78. The van der Waals surface area contributed by atoms with E-state index in [1.54, 1.807) is 12.1 Å². The molecule has 6 heteroatoms. The van der Waals surface area contributed by atoms with Crippen LogP contribution in [0.3, 0.4) is 0 Å². The maximum atomic E-state index is 11.9. The van der Waals surface area contributed by atoms with Crippen LogP contribution in [0.2, 0.25) is 0 Å². The minimum atomic E-state index is -3.39. The number of hydrogen-bond acceptors (Lipinski definition) is 4. The van der Waals surface area contributed by atoms with Gasteiger partial charge in [-0.05, 0) is 49.1 Å². The van der Waals surface area contributed by atoms with E-state index in [0.29, 0.717) is 5.69 Å².